The lowest BCUT2D eigenvalue weighted by Crippen LogP contribution is -2.53. The Kier molecular flexibility index (Phi) is 4.92. The molecule has 5 heteroatoms. The highest BCUT2D eigenvalue weighted by Crippen LogP contribution is 2.59. The second-order valence-electron chi connectivity index (χ2n) is 9.33. The molecule has 0 N–H and O–H groups in total. The van der Waals surface area contributed by atoms with Crippen LogP contribution in [0.25, 0.3) is 0 Å². The van der Waals surface area contributed by atoms with Crippen molar-refractivity contribution in [2.24, 2.45) is 23.7 Å². The highest BCUT2D eigenvalue weighted by molar-refractivity contribution is 5.53. The molecule has 154 valence electrons. The largest absolute Gasteiger partial charge is 0.493 e. The summed E-state index contributed by atoms with van der Waals surface area (Å²) in [6.07, 6.45) is 6.11. The molecule has 4 aliphatic carbocycles. The van der Waals surface area contributed by atoms with Gasteiger partial charge in [0.2, 0.25) is 5.75 Å². The summed E-state index contributed by atoms with van der Waals surface area (Å²) < 4.78 is 16.5. The fourth-order valence-electron chi connectivity index (χ4n) is 6.97. The third-order valence-electron chi connectivity index (χ3n) is 7.97. The quantitative estimate of drug-likeness (QED) is 0.750. The standard InChI is InChI=1S/C23H34N2O3/c1-26-20-11-16(12-21(27-2)23(20)28-3)14-24-4-6-25(7-5-24)22-18-9-15-8-17(13-18)19(22)10-15/h11-12,15,17-19,22H,4-10,13-14H2,1-3H3. The Balaban J connectivity index is 1.22. The van der Waals surface area contributed by atoms with Crippen LogP contribution in [-0.2, 0) is 6.54 Å². The van der Waals surface area contributed by atoms with E-state index in [1.807, 2.05) is 0 Å². The fourth-order valence-corrected chi connectivity index (χ4v) is 6.97. The number of hydrogen-bond donors (Lipinski definition) is 0. The monoisotopic (exact) mass is 386 g/mol. The summed E-state index contributed by atoms with van der Waals surface area (Å²) >= 11 is 0. The van der Waals surface area contributed by atoms with Crippen molar-refractivity contribution < 1.29 is 14.2 Å². The molecule has 1 aromatic carbocycles. The SMILES string of the molecule is COc1cc(CN2CCN(C3C4CC5CC(C4)C3C5)CC2)cc(OC)c1OC. The molecule has 4 saturated carbocycles. The summed E-state index contributed by atoms with van der Waals surface area (Å²) in [5, 5.41) is 0. The van der Waals surface area contributed by atoms with E-state index >= 15 is 0 Å². The van der Waals surface area contributed by atoms with Crippen molar-refractivity contribution in [1.82, 2.24) is 9.80 Å². The van der Waals surface area contributed by atoms with Gasteiger partial charge in [-0.1, -0.05) is 0 Å². The highest BCUT2D eigenvalue weighted by Gasteiger charge is 2.55. The van der Waals surface area contributed by atoms with E-state index in [9.17, 15) is 0 Å². The van der Waals surface area contributed by atoms with Crippen molar-refractivity contribution in [3.8, 4) is 17.2 Å². The van der Waals surface area contributed by atoms with E-state index in [0.717, 1.165) is 60.8 Å². The Morgan fingerprint density at radius 3 is 2.11 bits per heavy atom. The van der Waals surface area contributed by atoms with Crippen LogP contribution in [0.4, 0.5) is 0 Å². The number of nitrogens with zero attached hydrogens (tertiary/aromatic N) is 2. The van der Waals surface area contributed by atoms with Crippen LogP contribution in [0, 0.1) is 23.7 Å². The van der Waals surface area contributed by atoms with E-state index in [1.165, 1.54) is 37.9 Å². The maximum Gasteiger partial charge on any atom is 0.203 e. The number of methoxy groups -OCH3 is 3. The van der Waals surface area contributed by atoms with Gasteiger partial charge < -0.3 is 14.2 Å². The summed E-state index contributed by atoms with van der Waals surface area (Å²) in [4.78, 5) is 5.42. The summed E-state index contributed by atoms with van der Waals surface area (Å²) in [5.41, 5.74) is 1.22. The molecular formula is C23H34N2O3. The van der Waals surface area contributed by atoms with E-state index in [1.54, 1.807) is 27.8 Å². The lowest BCUT2D eigenvalue weighted by molar-refractivity contribution is 0.0372. The zero-order chi connectivity index (χ0) is 19.3. The molecular weight excluding hydrogens is 352 g/mol. The molecule has 1 heterocycles. The van der Waals surface area contributed by atoms with Crippen LogP contribution < -0.4 is 14.2 Å². The maximum absolute atomic E-state index is 5.52. The molecule has 4 bridgehead atoms. The number of rotatable bonds is 6. The van der Waals surface area contributed by atoms with Gasteiger partial charge in [-0.2, -0.15) is 0 Å². The van der Waals surface area contributed by atoms with E-state index < -0.39 is 0 Å². The van der Waals surface area contributed by atoms with Gasteiger partial charge in [0.25, 0.3) is 0 Å². The van der Waals surface area contributed by atoms with Crippen molar-refractivity contribution in [2.45, 2.75) is 38.3 Å². The first-order chi connectivity index (χ1) is 13.7. The predicted molar refractivity (Wildman–Crippen MR) is 109 cm³/mol. The van der Waals surface area contributed by atoms with Crippen molar-refractivity contribution in [1.29, 1.82) is 0 Å². The van der Waals surface area contributed by atoms with Gasteiger partial charge >= 0.3 is 0 Å². The minimum absolute atomic E-state index is 0.671. The first kappa shape index (κ1) is 18.6. The third kappa shape index (κ3) is 3.07. The van der Waals surface area contributed by atoms with Crippen LogP contribution in [0.15, 0.2) is 12.1 Å². The number of piperazine rings is 1. The van der Waals surface area contributed by atoms with Gasteiger partial charge in [0.15, 0.2) is 11.5 Å². The average Bonchev–Trinajstić information content (AvgIpc) is 3.14. The van der Waals surface area contributed by atoms with Crippen molar-refractivity contribution >= 4 is 0 Å². The second-order valence-corrected chi connectivity index (χ2v) is 9.33. The molecule has 1 saturated heterocycles. The Bertz CT molecular complexity index is 687. The molecule has 0 aromatic heterocycles. The van der Waals surface area contributed by atoms with Crippen LogP contribution in [0.5, 0.6) is 17.2 Å². The van der Waals surface area contributed by atoms with E-state index in [0.29, 0.717) is 5.75 Å². The number of ether oxygens (including phenoxy) is 3. The molecule has 1 aliphatic heterocycles. The molecule has 5 unspecified atom stereocenters. The van der Waals surface area contributed by atoms with Gasteiger partial charge in [-0.15, -0.1) is 0 Å². The molecule has 0 amide bonds. The van der Waals surface area contributed by atoms with Gasteiger partial charge in [0.05, 0.1) is 21.3 Å². The average molecular weight is 387 g/mol. The van der Waals surface area contributed by atoms with Gasteiger partial charge in [0.1, 0.15) is 0 Å². The lowest BCUT2D eigenvalue weighted by atomic mass is 9.78. The van der Waals surface area contributed by atoms with Gasteiger partial charge in [-0.3, -0.25) is 9.80 Å². The minimum Gasteiger partial charge on any atom is -0.493 e. The first-order valence-electron chi connectivity index (χ1n) is 11.0. The molecule has 0 spiro atoms. The van der Waals surface area contributed by atoms with E-state index in [2.05, 4.69) is 21.9 Å². The second kappa shape index (κ2) is 7.42. The van der Waals surface area contributed by atoms with Gasteiger partial charge in [0, 0.05) is 38.8 Å². The van der Waals surface area contributed by atoms with Crippen LogP contribution in [0.2, 0.25) is 0 Å². The molecule has 0 radical (unpaired) electrons. The number of hydrogen-bond acceptors (Lipinski definition) is 5. The Hall–Kier alpha value is -1.46. The Morgan fingerprint density at radius 2 is 1.50 bits per heavy atom. The maximum atomic E-state index is 5.52. The number of benzene rings is 1. The van der Waals surface area contributed by atoms with Crippen molar-refractivity contribution in [2.75, 3.05) is 47.5 Å². The van der Waals surface area contributed by atoms with Crippen LogP contribution in [0.3, 0.4) is 0 Å². The Labute approximate surface area is 168 Å². The topological polar surface area (TPSA) is 34.2 Å². The summed E-state index contributed by atoms with van der Waals surface area (Å²) in [7, 11) is 5.02. The fraction of sp³-hybridized carbons (Fsp3) is 0.739. The molecule has 5 nitrogen and oxygen atoms in total. The third-order valence-corrected chi connectivity index (χ3v) is 7.97. The molecule has 5 atom stereocenters. The van der Waals surface area contributed by atoms with Gasteiger partial charge in [-0.05, 0) is 67.1 Å². The highest BCUT2D eigenvalue weighted by atomic mass is 16.5. The first-order valence-corrected chi connectivity index (χ1v) is 11.0. The lowest BCUT2D eigenvalue weighted by Gasteiger charge is -2.44. The van der Waals surface area contributed by atoms with Crippen LogP contribution in [0.1, 0.15) is 31.2 Å². The molecule has 28 heavy (non-hydrogen) atoms. The van der Waals surface area contributed by atoms with Crippen LogP contribution in [-0.4, -0.2) is 63.4 Å². The molecule has 1 aromatic rings. The van der Waals surface area contributed by atoms with Crippen LogP contribution >= 0.6 is 0 Å². The molecule has 6 rings (SSSR count). The zero-order valence-electron chi connectivity index (χ0n) is 17.5. The normalized spacial score (nSPS) is 34.8. The Morgan fingerprint density at radius 1 is 0.821 bits per heavy atom. The summed E-state index contributed by atoms with van der Waals surface area (Å²) in [5.74, 6) is 6.32. The molecule has 5 aliphatic rings. The van der Waals surface area contributed by atoms with Gasteiger partial charge in [-0.25, -0.2) is 0 Å². The van der Waals surface area contributed by atoms with E-state index in [4.69, 9.17) is 14.2 Å². The smallest absolute Gasteiger partial charge is 0.203 e. The van der Waals surface area contributed by atoms with Crippen molar-refractivity contribution in [3.63, 3.8) is 0 Å². The minimum atomic E-state index is 0.671. The van der Waals surface area contributed by atoms with Crippen molar-refractivity contribution in [3.05, 3.63) is 17.7 Å². The predicted octanol–water partition coefficient (Wildman–Crippen LogP) is 3.26. The molecule has 5 fully saturated rings. The van der Waals surface area contributed by atoms with E-state index in [-0.39, 0.29) is 0 Å². The summed E-state index contributed by atoms with van der Waals surface area (Å²) in [6.45, 7) is 5.69. The zero-order valence-corrected chi connectivity index (χ0v) is 17.5. The summed E-state index contributed by atoms with van der Waals surface area (Å²) in [6, 6.07) is 5.07.